The van der Waals surface area contributed by atoms with Crippen molar-refractivity contribution in [1.29, 1.82) is 0 Å². The van der Waals surface area contributed by atoms with Gasteiger partial charge < -0.3 is 15.2 Å². The van der Waals surface area contributed by atoms with Crippen LogP contribution in [0, 0.1) is 10.1 Å². The Morgan fingerprint density at radius 1 is 1.22 bits per heavy atom. The lowest BCUT2D eigenvalue weighted by molar-refractivity contribution is -0.385. The normalized spacial score (nSPS) is 10.1. The number of hydrogen-bond donors (Lipinski definition) is 1. The van der Waals surface area contributed by atoms with E-state index in [-0.39, 0.29) is 30.2 Å². The van der Waals surface area contributed by atoms with Crippen molar-refractivity contribution in [1.82, 2.24) is 5.32 Å². The molecule has 2 aromatic carbocycles. The minimum absolute atomic E-state index is 0.0942. The van der Waals surface area contributed by atoms with Crippen molar-refractivity contribution in [2.75, 3.05) is 6.61 Å². The first kappa shape index (κ1) is 16.8. The summed E-state index contributed by atoms with van der Waals surface area (Å²) in [5.74, 6) is -0.272. The summed E-state index contributed by atoms with van der Waals surface area (Å²) >= 11 is 3.29. The Morgan fingerprint density at radius 2 is 1.91 bits per heavy atom. The average Bonchev–Trinajstić information content (AvgIpc) is 2.53. The van der Waals surface area contributed by atoms with Crippen LogP contribution in [0.4, 0.5) is 5.69 Å². The number of ether oxygens (including phenoxy) is 1. The summed E-state index contributed by atoms with van der Waals surface area (Å²) in [5, 5.41) is 24.8. The molecule has 0 spiro atoms. The van der Waals surface area contributed by atoms with Gasteiger partial charge in [-0.3, -0.25) is 14.9 Å². The minimum atomic E-state index is -0.596. The summed E-state index contributed by atoms with van der Waals surface area (Å²) in [6, 6.07) is 10.3. The maximum Gasteiger partial charge on any atom is 0.269 e. The molecule has 0 saturated carbocycles. The molecular formula is C15H12BrN2O5-. The van der Waals surface area contributed by atoms with E-state index < -0.39 is 10.8 Å². The first-order valence-electron chi connectivity index (χ1n) is 6.55. The van der Waals surface area contributed by atoms with Gasteiger partial charge >= 0.3 is 0 Å². The summed E-state index contributed by atoms with van der Waals surface area (Å²) in [6.45, 7) is -0.312. The number of carbonyl (C=O) groups is 1. The molecule has 7 nitrogen and oxygen atoms in total. The molecule has 0 heterocycles. The number of rotatable bonds is 6. The van der Waals surface area contributed by atoms with Gasteiger partial charge in [-0.25, -0.2) is 0 Å². The van der Waals surface area contributed by atoms with E-state index in [4.69, 9.17) is 4.74 Å². The van der Waals surface area contributed by atoms with Gasteiger partial charge in [0.2, 0.25) is 0 Å². The molecule has 0 aliphatic carbocycles. The van der Waals surface area contributed by atoms with Gasteiger partial charge in [-0.1, -0.05) is 22.0 Å². The largest absolute Gasteiger partial charge is 0.872 e. The van der Waals surface area contributed by atoms with E-state index >= 15 is 0 Å². The van der Waals surface area contributed by atoms with Crippen LogP contribution in [0.15, 0.2) is 46.9 Å². The van der Waals surface area contributed by atoms with Crippen LogP contribution in [-0.4, -0.2) is 17.4 Å². The highest BCUT2D eigenvalue weighted by Gasteiger charge is 2.08. The highest BCUT2D eigenvalue weighted by atomic mass is 79.9. The number of nitrogens with zero attached hydrogens (tertiary/aromatic N) is 1. The molecule has 120 valence electrons. The van der Waals surface area contributed by atoms with E-state index in [1.165, 1.54) is 0 Å². The molecule has 0 aliphatic rings. The maximum atomic E-state index is 11.7. The molecule has 0 radical (unpaired) electrons. The van der Waals surface area contributed by atoms with Crippen LogP contribution in [-0.2, 0) is 11.3 Å². The van der Waals surface area contributed by atoms with Crippen LogP contribution in [0.5, 0.6) is 11.5 Å². The summed E-state index contributed by atoms with van der Waals surface area (Å²) in [6.07, 6.45) is 0. The summed E-state index contributed by atoms with van der Waals surface area (Å²) in [4.78, 5) is 21.8. The third-order valence-corrected chi connectivity index (χ3v) is 3.44. The van der Waals surface area contributed by atoms with Crippen LogP contribution >= 0.6 is 15.9 Å². The second-order valence-electron chi connectivity index (χ2n) is 4.57. The van der Waals surface area contributed by atoms with Crippen LogP contribution in [0.1, 0.15) is 5.56 Å². The zero-order chi connectivity index (χ0) is 16.8. The van der Waals surface area contributed by atoms with Gasteiger partial charge in [0.1, 0.15) is 5.75 Å². The fourth-order valence-electron chi connectivity index (χ4n) is 1.74. The number of benzene rings is 2. The third-order valence-electron chi connectivity index (χ3n) is 2.91. The predicted octanol–water partition coefficient (Wildman–Crippen LogP) is 2.13. The molecule has 0 bridgehead atoms. The van der Waals surface area contributed by atoms with Gasteiger partial charge in [0, 0.05) is 23.2 Å². The Morgan fingerprint density at radius 3 is 2.57 bits per heavy atom. The van der Waals surface area contributed by atoms with Gasteiger partial charge in [-0.2, -0.15) is 0 Å². The van der Waals surface area contributed by atoms with Crippen molar-refractivity contribution < 1.29 is 19.6 Å². The van der Waals surface area contributed by atoms with Gasteiger partial charge in [0.25, 0.3) is 11.6 Å². The van der Waals surface area contributed by atoms with Gasteiger partial charge in [0.15, 0.2) is 6.61 Å². The second kappa shape index (κ2) is 7.59. The fourth-order valence-corrected chi connectivity index (χ4v) is 2.01. The Bertz CT molecular complexity index is 718. The van der Waals surface area contributed by atoms with E-state index in [2.05, 4.69) is 21.2 Å². The number of amides is 1. The summed E-state index contributed by atoms with van der Waals surface area (Å²) < 4.78 is 6.18. The monoisotopic (exact) mass is 379 g/mol. The van der Waals surface area contributed by atoms with Crippen LogP contribution in [0.2, 0.25) is 0 Å². The van der Waals surface area contributed by atoms with E-state index in [1.54, 1.807) is 24.3 Å². The Hall–Kier alpha value is -2.61. The van der Waals surface area contributed by atoms with Gasteiger partial charge in [0.05, 0.1) is 4.92 Å². The van der Waals surface area contributed by atoms with Crippen molar-refractivity contribution >= 4 is 27.5 Å². The third kappa shape index (κ3) is 4.96. The van der Waals surface area contributed by atoms with Crippen LogP contribution in [0.25, 0.3) is 0 Å². The molecule has 2 rings (SSSR count). The number of nitrogens with one attached hydrogen (secondary N) is 1. The van der Waals surface area contributed by atoms with Crippen LogP contribution < -0.4 is 15.2 Å². The topological polar surface area (TPSA) is 105 Å². The van der Waals surface area contributed by atoms with Crippen molar-refractivity contribution in [2.45, 2.75) is 6.54 Å². The van der Waals surface area contributed by atoms with Gasteiger partial charge in [-0.15, -0.1) is 5.75 Å². The average molecular weight is 380 g/mol. The SMILES string of the molecule is O=C(COc1ccc(Br)cc1)NCc1cc([N+](=O)[O-])ccc1[O-]. The van der Waals surface area contributed by atoms with E-state index in [0.29, 0.717) is 5.75 Å². The number of carbonyl (C=O) groups excluding carboxylic acids is 1. The molecule has 0 aliphatic heterocycles. The molecular weight excluding hydrogens is 368 g/mol. The number of halogens is 1. The van der Waals surface area contributed by atoms with Crippen molar-refractivity contribution in [3.8, 4) is 11.5 Å². The first-order chi connectivity index (χ1) is 11.0. The lowest BCUT2D eigenvalue weighted by atomic mass is 10.2. The van der Waals surface area contributed by atoms with Crippen molar-refractivity contribution in [3.63, 3.8) is 0 Å². The van der Waals surface area contributed by atoms with E-state index in [0.717, 1.165) is 22.7 Å². The quantitative estimate of drug-likeness (QED) is 0.611. The van der Waals surface area contributed by atoms with E-state index in [1.807, 2.05) is 0 Å². The van der Waals surface area contributed by atoms with E-state index in [9.17, 15) is 20.0 Å². The smallest absolute Gasteiger partial charge is 0.269 e. The molecule has 23 heavy (non-hydrogen) atoms. The summed E-state index contributed by atoms with van der Waals surface area (Å²) in [5.41, 5.74) is -0.0452. The molecule has 0 unspecified atom stereocenters. The highest BCUT2D eigenvalue weighted by molar-refractivity contribution is 9.10. The van der Waals surface area contributed by atoms with Gasteiger partial charge in [-0.05, 0) is 29.8 Å². The number of hydrogen-bond acceptors (Lipinski definition) is 5. The molecule has 0 fully saturated rings. The Labute approximate surface area is 140 Å². The zero-order valence-corrected chi connectivity index (χ0v) is 13.4. The zero-order valence-electron chi connectivity index (χ0n) is 11.8. The minimum Gasteiger partial charge on any atom is -0.872 e. The fraction of sp³-hybridized carbons (Fsp3) is 0.133. The van der Waals surface area contributed by atoms with Crippen molar-refractivity contribution in [2.24, 2.45) is 0 Å². The predicted molar refractivity (Wildman–Crippen MR) is 84.0 cm³/mol. The highest BCUT2D eigenvalue weighted by Crippen LogP contribution is 2.20. The molecule has 0 saturated heterocycles. The molecule has 1 N–H and O–H groups in total. The molecule has 0 atom stereocenters. The number of nitro benzene ring substituents is 1. The lowest BCUT2D eigenvalue weighted by Crippen LogP contribution is -2.28. The standard InChI is InChI=1S/C15H13BrN2O5/c16-11-1-4-13(5-2-11)23-9-15(20)17-8-10-7-12(18(21)22)3-6-14(10)19/h1-7,19H,8-9H2,(H,17,20)/p-1. The second-order valence-corrected chi connectivity index (χ2v) is 5.48. The number of nitro groups is 1. The maximum absolute atomic E-state index is 11.7. The molecule has 8 heteroatoms. The first-order valence-corrected chi connectivity index (χ1v) is 7.34. The Balaban J connectivity index is 1.88. The summed E-state index contributed by atoms with van der Waals surface area (Å²) in [7, 11) is 0. The molecule has 1 amide bonds. The lowest BCUT2D eigenvalue weighted by Gasteiger charge is -2.13. The molecule has 2 aromatic rings. The number of non-ortho nitro benzene ring substituents is 1. The Kier molecular flexibility index (Phi) is 5.53. The van der Waals surface area contributed by atoms with Crippen molar-refractivity contribution in [3.05, 3.63) is 62.6 Å². The molecule has 0 aromatic heterocycles. The van der Waals surface area contributed by atoms with Crippen LogP contribution in [0.3, 0.4) is 0 Å².